The smallest absolute Gasteiger partial charge is 0.281 e. The van der Waals surface area contributed by atoms with Gasteiger partial charge in [-0.1, -0.05) is 65.0 Å². The van der Waals surface area contributed by atoms with Crippen LogP contribution >= 0.6 is 11.6 Å². The van der Waals surface area contributed by atoms with Crippen molar-refractivity contribution in [3.05, 3.63) is 53.4 Å². The molecule has 9 atom stereocenters. The Kier molecular flexibility index (Phi) is 8.13. The van der Waals surface area contributed by atoms with Crippen LogP contribution in [0.2, 0.25) is 0 Å². The molecule has 0 heterocycles. The number of hydrogen-bond acceptors (Lipinski definition) is 3. The van der Waals surface area contributed by atoms with Crippen LogP contribution in [0.4, 0.5) is 4.39 Å². The minimum absolute atomic E-state index is 0.0168. The summed E-state index contributed by atoms with van der Waals surface area (Å²) in [5.74, 6) is 2.36. The van der Waals surface area contributed by atoms with E-state index in [-0.39, 0.29) is 44.3 Å². The molecule has 0 N–H and O–H groups in total. The maximum Gasteiger partial charge on any atom is 0.373 e. The van der Waals surface area contributed by atoms with E-state index in [0.717, 1.165) is 37.7 Å². The van der Waals surface area contributed by atoms with E-state index in [1.807, 2.05) is 13.0 Å². The summed E-state index contributed by atoms with van der Waals surface area (Å²) in [6, 6.07) is 5.82. The molecule has 5 aliphatic rings. The van der Waals surface area contributed by atoms with Crippen LogP contribution in [0.5, 0.6) is 0 Å². The Balaban J connectivity index is 0.00000118. The summed E-state index contributed by atoms with van der Waals surface area (Å²) in [6.45, 7) is 21.1. The van der Waals surface area contributed by atoms with Gasteiger partial charge >= 0.3 is 6.15 Å². The Morgan fingerprint density at radius 2 is 1.63 bits per heavy atom. The van der Waals surface area contributed by atoms with E-state index in [1.54, 1.807) is 6.07 Å². The molecule has 0 aromatic heterocycles. The van der Waals surface area contributed by atoms with Crippen LogP contribution in [-0.2, 0) is 14.4 Å². The molecule has 4 saturated carbocycles. The highest BCUT2D eigenvalue weighted by Crippen LogP contribution is 2.77. The summed E-state index contributed by atoms with van der Waals surface area (Å²) in [7, 11) is 0. The van der Waals surface area contributed by atoms with E-state index in [0.29, 0.717) is 35.2 Å². The summed E-state index contributed by atoms with van der Waals surface area (Å²) in [4.78, 5) is 29.4. The minimum atomic E-state index is -0.354. The third-order valence-corrected chi connectivity index (χ3v) is 14.9. The number of aryl methyl sites for hydroxylation is 1. The highest BCUT2D eigenvalue weighted by molar-refractivity contribution is 6.64. The number of hydrogen-bond donors (Lipinski definition) is 0. The molecule has 0 unspecified atom stereocenters. The largest absolute Gasteiger partial charge is 0.373 e. The van der Waals surface area contributed by atoms with E-state index in [4.69, 9.17) is 21.2 Å². The molecule has 1 aromatic carbocycles. The molecule has 43 heavy (non-hydrogen) atoms. The van der Waals surface area contributed by atoms with Crippen molar-refractivity contribution >= 4 is 28.6 Å². The van der Waals surface area contributed by atoms with Crippen LogP contribution < -0.4 is 0 Å². The van der Waals surface area contributed by atoms with Gasteiger partial charge in [0.15, 0.2) is 0 Å². The van der Waals surface area contributed by atoms with Crippen LogP contribution in [0.1, 0.15) is 110 Å². The quantitative estimate of drug-likeness (QED) is 0.253. The number of fused-ring (bicyclic) bond motifs is 7. The van der Waals surface area contributed by atoms with E-state index >= 15 is 0 Å². The summed E-state index contributed by atoms with van der Waals surface area (Å²) >= 11 is 6.50. The highest BCUT2D eigenvalue weighted by atomic mass is 35.5. The molecule has 0 aliphatic heterocycles. The fourth-order valence-corrected chi connectivity index (χ4v) is 12.7. The standard InChI is InChI=1S/C37H50ClFO.CO2/c1-22(2)25-13-18-37(32(38)40)20-19-35(7)27(31(25)37)11-12-30-34(6)16-14-26(24-10-9-23(3)28(39)21-24)33(4,5)29(34)15-17-36(30,35)8;2-1-3/h9-10,14,21,25,27,29-31H,1,11-13,15-20H2,2-8H3;/t25-,27+,29-,30+,31+,34-,35+,36+,37-;/m0./s1. The Hall–Kier alpha value is -2.03. The fraction of sp³-hybridized carbons (Fsp3) is 0.684. The van der Waals surface area contributed by atoms with E-state index in [2.05, 4.69) is 60.3 Å². The highest BCUT2D eigenvalue weighted by Gasteiger charge is 2.71. The molecule has 4 fully saturated rings. The maximum atomic E-state index is 14.7. The SMILES string of the molecule is C=C(C)[C@@H]1CC[C@]2(C(=O)Cl)CC[C@]3(C)[C@H](CC[C@@H]4[C@@]5(C)CC=C(c6ccc(C)c(F)c6)C(C)(C)[C@@H]5CC[C@]43C)[C@@H]12.O=C=O. The van der Waals surface area contributed by atoms with Crippen LogP contribution in [0.3, 0.4) is 0 Å². The van der Waals surface area contributed by atoms with Crippen LogP contribution in [0, 0.1) is 69.4 Å². The van der Waals surface area contributed by atoms with E-state index < -0.39 is 0 Å². The monoisotopic (exact) mass is 608 g/mol. The van der Waals surface area contributed by atoms with Gasteiger partial charge < -0.3 is 0 Å². The van der Waals surface area contributed by atoms with Crippen molar-refractivity contribution in [2.45, 2.75) is 106 Å². The number of benzene rings is 1. The zero-order valence-corrected chi connectivity index (χ0v) is 28.0. The lowest BCUT2D eigenvalue weighted by atomic mass is 9.32. The van der Waals surface area contributed by atoms with Gasteiger partial charge in [-0.15, -0.1) is 0 Å². The van der Waals surface area contributed by atoms with Gasteiger partial charge in [-0.25, -0.2) is 4.39 Å². The van der Waals surface area contributed by atoms with Crippen LogP contribution in [0.15, 0.2) is 36.4 Å². The molecule has 5 aliphatic carbocycles. The second-order valence-corrected chi connectivity index (χ2v) is 16.5. The molecule has 0 spiro atoms. The van der Waals surface area contributed by atoms with Crippen molar-refractivity contribution in [1.82, 2.24) is 0 Å². The normalized spacial score (nSPS) is 42.4. The van der Waals surface area contributed by atoms with Gasteiger partial charge in [-0.2, -0.15) is 9.59 Å². The molecule has 0 saturated heterocycles. The van der Waals surface area contributed by atoms with Crippen LogP contribution in [0.25, 0.3) is 5.57 Å². The maximum absolute atomic E-state index is 14.7. The molecule has 1 aromatic rings. The molecular formula is C38H50ClFO3. The Morgan fingerprint density at radius 1 is 0.953 bits per heavy atom. The van der Waals surface area contributed by atoms with E-state index in [9.17, 15) is 9.18 Å². The van der Waals surface area contributed by atoms with Gasteiger partial charge in [-0.05, 0) is 157 Å². The average Bonchev–Trinajstić information content (AvgIpc) is 3.33. The van der Waals surface area contributed by atoms with Crippen molar-refractivity contribution in [2.24, 2.45) is 56.7 Å². The zero-order valence-electron chi connectivity index (χ0n) is 27.2. The predicted molar refractivity (Wildman–Crippen MR) is 169 cm³/mol. The lowest BCUT2D eigenvalue weighted by molar-refractivity contribution is -0.223. The first-order valence-corrected chi connectivity index (χ1v) is 16.7. The van der Waals surface area contributed by atoms with Gasteiger partial charge in [0.2, 0.25) is 5.24 Å². The molecular weight excluding hydrogens is 559 g/mol. The van der Waals surface area contributed by atoms with E-state index in [1.165, 1.54) is 36.8 Å². The first-order valence-electron chi connectivity index (χ1n) is 16.4. The van der Waals surface area contributed by atoms with Gasteiger partial charge in [0.25, 0.3) is 0 Å². The van der Waals surface area contributed by atoms with Crippen molar-refractivity contribution in [3.8, 4) is 0 Å². The predicted octanol–water partition coefficient (Wildman–Crippen LogP) is 9.97. The number of rotatable bonds is 3. The first-order chi connectivity index (χ1) is 20.0. The summed E-state index contributed by atoms with van der Waals surface area (Å²) in [5.41, 5.74) is 4.60. The van der Waals surface area contributed by atoms with Crippen molar-refractivity contribution in [1.29, 1.82) is 0 Å². The summed E-state index contributed by atoms with van der Waals surface area (Å²) < 4.78 is 14.7. The van der Waals surface area contributed by atoms with Crippen molar-refractivity contribution < 1.29 is 18.8 Å². The topological polar surface area (TPSA) is 51.2 Å². The summed E-state index contributed by atoms with van der Waals surface area (Å²) in [6.07, 6.45) is 12.7. The van der Waals surface area contributed by atoms with Crippen molar-refractivity contribution in [2.75, 3.05) is 0 Å². The van der Waals surface area contributed by atoms with Gasteiger partial charge in [0, 0.05) is 5.41 Å². The summed E-state index contributed by atoms with van der Waals surface area (Å²) in [5, 5.41) is -0.0783. The average molecular weight is 609 g/mol. The Labute approximate surface area is 263 Å². The number of allylic oxidation sites excluding steroid dienone is 3. The zero-order chi connectivity index (χ0) is 31.8. The van der Waals surface area contributed by atoms with Crippen molar-refractivity contribution in [3.63, 3.8) is 0 Å². The third-order valence-electron chi connectivity index (χ3n) is 14.5. The molecule has 0 radical (unpaired) electrons. The first kappa shape index (κ1) is 32.4. The number of halogens is 2. The second-order valence-electron chi connectivity index (χ2n) is 16.2. The lowest BCUT2D eigenvalue weighted by Gasteiger charge is -2.72. The molecule has 234 valence electrons. The molecule has 0 amide bonds. The van der Waals surface area contributed by atoms with Crippen LogP contribution in [-0.4, -0.2) is 11.4 Å². The van der Waals surface area contributed by atoms with Gasteiger partial charge in [-0.3, -0.25) is 4.79 Å². The molecule has 5 heteroatoms. The molecule has 6 rings (SSSR count). The second kappa shape index (κ2) is 10.8. The number of carbonyl (C=O) groups is 1. The minimum Gasteiger partial charge on any atom is -0.281 e. The van der Waals surface area contributed by atoms with Gasteiger partial charge in [0.1, 0.15) is 5.82 Å². The van der Waals surface area contributed by atoms with Gasteiger partial charge in [0.05, 0.1) is 0 Å². The molecule has 0 bridgehead atoms. The number of carbonyl (C=O) groups excluding carboxylic acids is 3. The Morgan fingerprint density at radius 3 is 2.23 bits per heavy atom. The fourth-order valence-electron chi connectivity index (χ4n) is 12.3. The lowest BCUT2D eigenvalue weighted by Crippen LogP contribution is -2.65. The Bertz CT molecular complexity index is 1390. The third kappa shape index (κ3) is 4.44. The molecule has 3 nitrogen and oxygen atoms in total.